The lowest BCUT2D eigenvalue weighted by Gasteiger charge is -2.15. The zero-order chi connectivity index (χ0) is 19.3. The first-order valence-electron chi connectivity index (χ1n) is 8.14. The van der Waals surface area contributed by atoms with E-state index in [1.54, 1.807) is 31.3 Å². The Balaban J connectivity index is 2.12. The minimum Gasteiger partial charge on any atom is -0.462 e. The second-order valence-electron chi connectivity index (χ2n) is 5.89. The van der Waals surface area contributed by atoms with Crippen LogP contribution < -0.4 is 0 Å². The van der Waals surface area contributed by atoms with Crippen LogP contribution in [0.3, 0.4) is 0 Å². The topological polar surface area (TPSA) is 108 Å². The summed E-state index contributed by atoms with van der Waals surface area (Å²) in [6.45, 7) is 1.70. The van der Waals surface area contributed by atoms with Crippen LogP contribution in [-0.2, 0) is 4.74 Å². The molecule has 27 heavy (non-hydrogen) atoms. The number of rotatable bonds is 3. The van der Waals surface area contributed by atoms with Crippen molar-refractivity contribution >= 4 is 28.7 Å². The van der Waals surface area contributed by atoms with Crippen molar-refractivity contribution in [1.82, 2.24) is 4.40 Å². The van der Waals surface area contributed by atoms with Gasteiger partial charge in [0, 0.05) is 17.8 Å². The average Bonchev–Trinajstić information content (AvgIpc) is 3.01. The number of fused-ring (bicyclic) bond motifs is 4. The molecule has 0 fully saturated rings. The summed E-state index contributed by atoms with van der Waals surface area (Å²) >= 11 is 0. The van der Waals surface area contributed by atoms with Crippen molar-refractivity contribution in [2.45, 2.75) is 6.92 Å². The normalized spacial score (nSPS) is 12.6. The summed E-state index contributed by atoms with van der Waals surface area (Å²) in [5.41, 5.74) is -0.714. The van der Waals surface area contributed by atoms with E-state index in [2.05, 4.69) is 0 Å². The van der Waals surface area contributed by atoms with Crippen molar-refractivity contribution in [1.29, 1.82) is 0 Å². The number of nitrogens with zero attached hydrogens (tertiary/aromatic N) is 2. The van der Waals surface area contributed by atoms with Crippen LogP contribution in [-0.4, -0.2) is 33.5 Å². The fourth-order valence-corrected chi connectivity index (χ4v) is 3.44. The molecule has 0 spiro atoms. The third-order valence-corrected chi connectivity index (χ3v) is 4.48. The van der Waals surface area contributed by atoms with Crippen molar-refractivity contribution in [3.05, 3.63) is 80.7 Å². The fraction of sp³-hybridized carbons (Fsp3) is 0.105. The summed E-state index contributed by atoms with van der Waals surface area (Å²) in [7, 11) is 0. The first-order valence-corrected chi connectivity index (χ1v) is 8.14. The molecule has 0 radical (unpaired) electrons. The summed E-state index contributed by atoms with van der Waals surface area (Å²) in [6, 6.07) is 8.79. The van der Waals surface area contributed by atoms with E-state index >= 15 is 0 Å². The van der Waals surface area contributed by atoms with Crippen LogP contribution in [0, 0.1) is 10.1 Å². The third kappa shape index (κ3) is 2.20. The number of benzene rings is 1. The van der Waals surface area contributed by atoms with Crippen LogP contribution in [0.25, 0.3) is 5.52 Å². The van der Waals surface area contributed by atoms with Gasteiger partial charge in [-0.15, -0.1) is 0 Å². The molecular weight excluding hydrogens is 352 g/mol. The quantitative estimate of drug-likeness (QED) is 0.314. The average molecular weight is 364 g/mol. The smallest absolute Gasteiger partial charge is 0.341 e. The first kappa shape index (κ1) is 16.6. The highest BCUT2D eigenvalue weighted by molar-refractivity contribution is 6.32. The van der Waals surface area contributed by atoms with E-state index in [0.717, 1.165) is 6.07 Å². The summed E-state index contributed by atoms with van der Waals surface area (Å²) in [5, 5.41) is 11.4. The molecule has 0 amide bonds. The van der Waals surface area contributed by atoms with Gasteiger partial charge in [0.25, 0.3) is 5.69 Å². The van der Waals surface area contributed by atoms with Crippen LogP contribution in [0.5, 0.6) is 0 Å². The highest BCUT2D eigenvalue weighted by Gasteiger charge is 2.41. The number of esters is 1. The fourth-order valence-electron chi connectivity index (χ4n) is 3.44. The van der Waals surface area contributed by atoms with Gasteiger partial charge in [0.2, 0.25) is 11.6 Å². The molecule has 0 atom stereocenters. The van der Waals surface area contributed by atoms with Gasteiger partial charge in [0.15, 0.2) is 0 Å². The van der Waals surface area contributed by atoms with Gasteiger partial charge < -0.3 is 9.14 Å². The summed E-state index contributed by atoms with van der Waals surface area (Å²) in [4.78, 5) is 49.5. The Morgan fingerprint density at radius 3 is 2.59 bits per heavy atom. The van der Waals surface area contributed by atoms with E-state index in [0.29, 0.717) is 5.52 Å². The lowest BCUT2D eigenvalue weighted by atomic mass is 9.85. The maximum Gasteiger partial charge on any atom is 0.341 e. The van der Waals surface area contributed by atoms with E-state index in [1.807, 2.05) is 0 Å². The van der Waals surface area contributed by atoms with Crippen molar-refractivity contribution in [2.75, 3.05) is 6.61 Å². The molecule has 4 rings (SSSR count). The van der Waals surface area contributed by atoms with Crippen molar-refractivity contribution in [3.63, 3.8) is 0 Å². The van der Waals surface area contributed by atoms with Crippen LogP contribution in [0.2, 0.25) is 0 Å². The lowest BCUT2D eigenvalue weighted by Crippen LogP contribution is -2.24. The monoisotopic (exact) mass is 364 g/mol. The van der Waals surface area contributed by atoms with Crippen LogP contribution in [0.15, 0.2) is 42.6 Å². The highest BCUT2D eigenvalue weighted by atomic mass is 16.6. The molecule has 3 aromatic rings. The Morgan fingerprint density at radius 2 is 1.89 bits per heavy atom. The number of nitro groups is 1. The number of pyridine rings is 1. The van der Waals surface area contributed by atoms with Gasteiger partial charge in [-0.1, -0.05) is 12.1 Å². The molecule has 8 nitrogen and oxygen atoms in total. The Kier molecular flexibility index (Phi) is 3.62. The van der Waals surface area contributed by atoms with Crippen LogP contribution >= 0.6 is 0 Å². The minimum absolute atomic E-state index is 0.00616. The van der Waals surface area contributed by atoms with E-state index < -0.39 is 28.1 Å². The largest absolute Gasteiger partial charge is 0.462 e. The minimum atomic E-state index is -0.759. The predicted octanol–water partition coefficient (Wildman–Crippen LogP) is 2.80. The van der Waals surface area contributed by atoms with Gasteiger partial charge in [-0.3, -0.25) is 19.7 Å². The number of carbonyl (C=O) groups excluding carboxylic acids is 3. The highest BCUT2D eigenvalue weighted by Crippen LogP contribution is 2.37. The summed E-state index contributed by atoms with van der Waals surface area (Å²) < 4.78 is 6.51. The molecule has 1 aromatic carbocycles. The van der Waals surface area contributed by atoms with Crippen molar-refractivity contribution in [3.8, 4) is 0 Å². The van der Waals surface area contributed by atoms with Crippen molar-refractivity contribution < 1.29 is 24.0 Å². The van der Waals surface area contributed by atoms with E-state index in [-0.39, 0.29) is 34.6 Å². The maximum absolute atomic E-state index is 13.2. The molecule has 0 saturated carbocycles. The number of nitro benzene ring substituents is 1. The van der Waals surface area contributed by atoms with Gasteiger partial charge in [-0.25, -0.2) is 4.79 Å². The van der Waals surface area contributed by atoms with Gasteiger partial charge in [-0.2, -0.15) is 0 Å². The van der Waals surface area contributed by atoms with E-state index in [9.17, 15) is 24.5 Å². The van der Waals surface area contributed by atoms with Gasteiger partial charge in [-0.05, 0) is 25.1 Å². The molecule has 1 aliphatic rings. The van der Waals surface area contributed by atoms with Crippen LogP contribution in [0.4, 0.5) is 5.69 Å². The molecule has 134 valence electrons. The van der Waals surface area contributed by atoms with Crippen molar-refractivity contribution in [2.24, 2.45) is 0 Å². The lowest BCUT2D eigenvalue weighted by molar-refractivity contribution is -0.385. The Hall–Kier alpha value is -3.81. The molecule has 0 aliphatic heterocycles. The number of carbonyl (C=O) groups is 3. The molecule has 2 aromatic heterocycles. The molecule has 1 aliphatic carbocycles. The molecule has 0 saturated heterocycles. The molecule has 8 heteroatoms. The molecule has 2 heterocycles. The first-order chi connectivity index (χ1) is 13.0. The second kappa shape index (κ2) is 5.87. The number of hydrogen-bond donors (Lipinski definition) is 0. The number of ether oxygens (including phenoxy) is 1. The molecule has 0 N–H and O–H groups in total. The number of hydrogen-bond acceptors (Lipinski definition) is 6. The Morgan fingerprint density at radius 1 is 1.11 bits per heavy atom. The third-order valence-electron chi connectivity index (χ3n) is 4.48. The molecule has 0 bridgehead atoms. The number of ketones is 2. The number of aromatic nitrogens is 1. The molecule has 0 unspecified atom stereocenters. The maximum atomic E-state index is 13.2. The van der Waals surface area contributed by atoms with Gasteiger partial charge in [0.05, 0.1) is 28.2 Å². The zero-order valence-corrected chi connectivity index (χ0v) is 14.1. The zero-order valence-electron chi connectivity index (χ0n) is 14.1. The SMILES string of the molecule is CCOC(=O)c1c2c(n3ccccc13)C(=O)c1cccc([N+](=O)[O-])c1C2=O. The predicted molar refractivity (Wildman–Crippen MR) is 93.3 cm³/mol. The van der Waals surface area contributed by atoms with E-state index in [4.69, 9.17) is 4.74 Å². The second-order valence-corrected chi connectivity index (χ2v) is 5.89. The Labute approximate surface area is 152 Å². The standard InChI is InChI=1S/C19H12N2O6/c1-2-27-19(24)14-11-7-3-4-9-20(11)16-15(14)18(23)13-10(17(16)22)6-5-8-12(13)21(25)26/h3-9H,2H2,1H3. The van der Waals surface area contributed by atoms with Crippen LogP contribution in [0.1, 0.15) is 49.3 Å². The summed E-state index contributed by atoms with van der Waals surface area (Å²) in [5.74, 6) is -2.05. The summed E-state index contributed by atoms with van der Waals surface area (Å²) in [6.07, 6.45) is 1.56. The van der Waals surface area contributed by atoms with E-state index in [1.165, 1.54) is 16.5 Å². The van der Waals surface area contributed by atoms with Gasteiger partial charge in [0.1, 0.15) is 11.3 Å². The molecular formula is C19H12N2O6. The van der Waals surface area contributed by atoms with Gasteiger partial charge >= 0.3 is 5.97 Å². The Bertz CT molecular complexity index is 1170.